The van der Waals surface area contributed by atoms with Crippen LogP contribution in [0.4, 0.5) is 13.2 Å². The summed E-state index contributed by atoms with van der Waals surface area (Å²) in [5.41, 5.74) is -0.737. The minimum atomic E-state index is -4.55. The molecule has 0 unspecified atom stereocenters. The fourth-order valence-corrected chi connectivity index (χ4v) is 1.76. The van der Waals surface area contributed by atoms with E-state index >= 15 is 0 Å². The molecule has 0 aliphatic carbocycles. The molecule has 0 heterocycles. The van der Waals surface area contributed by atoms with Gasteiger partial charge in [-0.15, -0.1) is 0 Å². The molecule has 4 nitrogen and oxygen atoms in total. The Kier molecular flexibility index (Phi) is 4.99. The van der Waals surface area contributed by atoms with Crippen LogP contribution in [0.1, 0.15) is 25.0 Å². The Labute approximate surface area is 114 Å². The highest BCUT2D eigenvalue weighted by atomic mass is 19.4. The molecule has 0 aromatic heterocycles. The Morgan fingerprint density at radius 1 is 1.30 bits per heavy atom. The van der Waals surface area contributed by atoms with E-state index in [-0.39, 0.29) is 24.7 Å². The lowest BCUT2D eigenvalue weighted by Crippen LogP contribution is -2.35. The summed E-state index contributed by atoms with van der Waals surface area (Å²) in [7, 11) is 0. The van der Waals surface area contributed by atoms with Crippen molar-refractivity contribution in [2.24, 2.45) is 0 Å². The number of carbonyl (C=O) groups is 1. The van der Waals surface area contributed by atoms with Crippen LogP contribution in [0.3, 0.4) is 0 Å². The van der Waals surface area contributed by atoms with Crippen molar-refractivity contribution in [3.05, 3.63) is 29.3 Å². The zero-order valence-electron chi connectivity index (χ0n) is 11.1. The molecule has 0 saturated heterocycles. The van der Waals surface area contributed by atoms with Crippen molar-refractivity contribution >= 4 is 5.97 Å². The number of hydrogen-bond donors (Lipinski definition) is 2. The third kappa shape index (κ3) is 4.73. The predicted molar refractivity (Wildman–Crippen MR) is 66.3 cm³/mol. The van der Waals surface area contributed by atoms with Gasteiger partial charge < -0.3 is 10.2 Å². The summed E-state index contributed by atoms with van der Waals surface area (Å²) in [6.45, 7) is 3.23. The van der Waals surface area contributed by atoms with Gasteiger partial charge in [0.2, 0.25) is 0 Å². The van der Waals surface area contributed by atoms with Crippen molar-refractivity contribution < 1.29 is 28.2 Å². The average Bonchev–Trinajstić information content (AvgIpc) is 2.25. The molecular formula is C13H16F3NO3. The number of aromatic hydroxyl groups is 1. The Hall–Kier alpha value is -1.76. The van der Waals surface area contributed by atoms with E-state index < -0.39 is 23.5 Å². The quantitative estimate of drug-likeness (QED) is 0.875. The summed E-state index contributed by atoms with van der Waals surface area (Å²) in [4.78, 5) is 12.2. The van der Waals surface area contributed by atoms with Crippen molar-refractivity contribution in [2.45, 2.75) is 32.6 Å². The lowest BCUT2D eigenvalue weighted by atomic mass is 10.1. The van der Waals surface area contributed by atoms with Crippen LogP contribution in [0, 0.1) is 0 Å². The molecule has 0 amide bonds. The van der Waals surface area contributed by atoms with Gasteiger partial charge in [0, 0.05) is 12.6 Å². The number of phenols is 1. The van der Waals surface area contributed by atoms with Gasteiger partial charge in [0.25, 0.3) is 0 Å². The number of rotatable bonds is 5. The summed E-state index contributed by atoms with van der Waals surface area (Å²) in [6, 6.07) is 2.60. The van der Waals surface area contributed by atoms with Gasteiger partial charge in [-0.2, -0.15) is 13.2 Å². The average molecular weight is 291 g/mol. The molecule has 0 radical (unpaired) electrons. The van der Waals surface area contributed by atoms with Gasteiger partial charge in [-0.25, -0.2) is 0 Å². The lowest BCUT2D eigenvalue weighted by molar-refractivity contribution is -0.139. The molecule has 1 aromatic rings. The van der Waals surface area contributed by atoms with Gasteiger partial charge in [-0.3, -0.25) is 9.69 Å². The zero-order chi connectivity index (χ0) is 15.5. The second-order valence-corrected chi connectivity index (χ2v) is 4.78. The van der Waals surface area contributed by atoms with Crippen molar-refractivity contribution in [3.63, 3.8) is 0 Å². The van der Waals surface area contributed by atoms with Gasteiger partial charge in [0.1, 0.15) is 5.75 Å². The number of alkyl halides is 3. The first-order chi connectivity index (χ1) is 9.09. The Morgan fingerprint density at radius 2 is 1.90 bits per heavy atom. The number of phenolic OH excluding ortho intramolecular Hbond substituents is 1. The maximum absolute atomic E-state index is 12.6. The molecule has 1 rings (SSSR count). The fourth-order valence-electron chi connectivity index (χ4n) is 1.76. The molecule has 112 valence electrons. The summed E-state index contributed by atoms with van der Waals surface area (Å²) in [5, 5.41) is 18.1. The highest BCUT2D eigenvalue weighted by Gasteiger charge is 2.31. The fraction of sp³-hybridized carbons (Fsp3) is 0.462. The first-order valence-electron chi connectivity index (χ1n) is 5.95. The number of nitrogens with zero attached hydrogens (tertiary/aromatic N) is 1. The molecular weight excluding hydrogens is 275 g/mol. The van der Waals surface area contributed by atoms with Crippen molar-refractivity contribution in [2.75, 3.05) is 6.54 Å². The topological polar surface area (TPSA) is 60.8 Å². The van der Waals surface area contributed by atoms with Crippen LogP contribution in [0.2, 0.25) is 0 Å². The summed E-state index contributed by atoms with van der Waals surface area (Å²) < 4.78 is 37.9. The van der Waals surface area contributed by atoms with Crippen LogP contribution < -0.4 is 0 Å². The summed E-state index contributed by atoms with van der Waals surface area (Å²) >= 11 is 0. The SMILES string of the molecule is CC(C)N(CC(=O)O)Cc1cc(O)cc(C(F)(F)F)c1. The van der Waals surface area contributed by atoms with Gasteiger partial charge in [0.05, 0.1) is 12.1 Å². The van der Waals surface area contributed by atoms with Crippen LogP contribution in [0.5, 0.6) is 5.75 Å². The number of halogens is 3. The van der Waals surface area contributed by atoms with E-state index in [0.717, 1.165) is 6.07 Å². The molecule has 0 aliphatic heterocycles. The van der Waals surface area contributed by atoms with Crippen LogP contribution >= 0.6 is 0 Å². The first-order valence-corrected chi connectivity index (χ1v) is 5.95. The monoisotopic (exact) mass is 291 g/mol. The van der Waals surface area contributed by atoms with Crippen LogP contribution in [0.15, 0.2) is 18.2 Å². The van der Waals surface area contributed by atoms with E-state index in [1.807, 2.05) is 0 Å². The number of carboxylic acids is 1. The molecule has 0 bridgehead atoms. The van der Waals surface area contributed by atoms with E-state index in [1.165, 1.54) is 11.0 Å². The van der Waals surface area contributed by atoms with E-state index in [2.05, 4.69) is 0 Å². The van der Waals surface area contributed by atoms with Crippen LogP contribution in [-0.4, -0.2) is 33.7 Å². The molecule has 20 heavy (non-hydrogen) atoms. The molecule has 0 atom stereocenters. The maximum Gasteiger partial charge on any atom is 0.416 e. The van der Waals surface area contributed by atoms with Gasteiger partial charge in [-0.05, 0) is 37.6 Å². The Bertz CT molecular complexity index is 486. The predicted octanol–water partition coefficient (Wildman–Crippen LogP) is 2.71. The molecule has 0 fully saturated rings. The molecule has 2 N–H and O–H groups in total. The number of aliphatic carboxylic acids is 1. The minimum absolute atomic E-state index is 0.0153. The van der Waals surface area contributed by atoms with Crippen LogP contribution in [0.25, 0.3) is 0 Å². The Morgan fingerprint density at radius 3 is 2.35 bits per heavy atom. The van der Waals surface area contributed by atoms with Crippen molar-refractivity contribution in [1.29, 1.82) is 0 Å². The molecule has 0 saturated carbocycles. The highest BCUT2D eigenvalue weighted by molar-refractivity contribution is 5.69. The van der Waals surface area contributed by atoms with Crippen molar-refractivity contribution in [3.8, 4) is 5.75 Å². The normalized spacial score (nSPS) is 12.2. The largest absolute Gasteiger partial charge is 0.508 e. The standard InChI is InChI=1S/C13H16F3NO3/c1-8(2)17(7-12(19)20)6-9-3-10(13(14,15)16)5-11(18)4-9/h3-5,8,18H,6-7H2,1-2H3,(H,19,20). The van der Waals surface area contributed by atoms with Crippen molar-refractivity contribution in [1.82, 2.24) is 4.90 Å². The number of benzene rings is 1. The number of hydrogen-bond acceptors (Lipinski definition) is 3. The summed E-state index contributed by atoms with van der Waals surface area (Å²) in [6.07, 6.45) is -4.55. The first kappa shape index (κ1) is 16.3. The van der Waals surface area contributed by atoms with Gasteiger partial charge in [0.15, 0.2) is 0 Å². The van der Waals surface area contributed by atoms with E-state index in [0.29, 0.717) is 6.07 Å². The minimum Gasteiger partial charge on any atom is -0.508 e. The molecule has 7 heteroatoms. The Balaban J connectivity index is 3.01. The second kappa shape index (κ2) is 6.13. The van der Waals surface area contributed by atoms with Gasteiger partial charge >= 0.3 is 12.1 Å². The smallest absolute Gasteiger partial charge is 0.416 e. The van der Waals surface area contributed by atoms with E-state index in [9.17, 15) is 23.1 Å². The number of carboxylic acid groups (broad SMARTS) is 1. The van der Waals surface area contributed by atoms with E-state index in [4.69, 9.17) is 5.11 Å². The zero-order valence-corrected chi connectivity index (χ0v) is 11.1. The highest BCUT2D eigenvalue weighted by Crippen LogP contribution is 2.32. The third-order valence-electron chi connectivity index (χ3n) is 2.76. The second-order valence-electron chi connectivity index (χ2n) is 4.78. The van der Waals surface area contributed by atoms with Crippen LogP contribution in [-0.2, 0) is 17.5 Å². The lowest BCUT2D eigenvalue weighted by Gasteiger charge is -2.25. The molecule has 0 aliphatic rings. The maximum atomic E-state index is 12.6. The van der Waals surface area contributed by atoms with Gasteiger partial charge in [-0.1, -0.05) is 0 Å². The third-order valence-corrected chi connectivity index (χ3v) is 2.76. The molecule has 1 aromatic carbocycles. The molecule has 0 spiro atoms. The van der Waals surface area contributed by atoms with E-state index in [1.54, 1.807) is 13.8 Å². The summed E-state index contributed by atoms with van der Waals surface area (Å²) in [5.74, 6) is -1.55.